The molecule has 2 aromatic rings. The minimum absolute atomic E-state index is 0.197. The number of carbonyl (C=O) groups is 1. The first-order valence-corrected chi connectivity index (χ1v) is 7.84. The van der Waals surface area contributed by atoms with Gasteiger partial charge in [0.15, 0.2) is 11.6 Å². The predicted molar refractivity (Wildman–Crippen MR) is 88.1 cm³/mol. The van der Waals surface area contributed by atoms with Gasteiger partial charge in [-0.15, -0.1) is 0 Å². The summed E-state index contributed by atoms with van der Waals surface area (Å²) >= 11 is 0. The highest BCUT2D eigenvalue weighted by Gasteiger charge is 2.10. The average molecular weight is 332 g/mol. The van der Waals surface area contributed by atoms with E-state index in [1.807, 2.05) is 6.07 Å². The van der Waals surface area contributed by atoms with Crippen LogP contribution in [0.2, 0.25) is 0 Å². The number of benzene rings is 1. The van der Waals surface area contributed by atoms with Crippen LogP contribution in [0.5, 0.6) is 0 Å². The van der Waals surface area contributed by atoms with E-state index < -0.39 is 17.7 Å². The van der Waals surface area contributed by atoms with E-state index in [2.05, 4.69) is 27.0 Å². The van der Waals surface area contributed by atoms with Gasteiger partial charge in [0, 0.05) is 37.0 Å². The quantitative estimate of drug-likeness (QED) is 0.806. The van der Waals surface area contributed by atoms with Crippen LogP contribution in [0.25, 0.3) is 0 Å². The summed E-state index contributed by atoms with van der Waals surface area (Å²) in [7, 11) is 0. The molecule has 7 heteroatoms. The Morgan fingerprint density at radius 2 is 2.08 bits per heavy atom. The van der Waals surface area contributed by atoms with Crippen LogP contribution >= 0.6 is 0 Å². The molecule has 2 amide bonds. The van der Waals surface area contributed by atoms with E-state index in [0.29, 0.717) is 13.0 Å². The van der Waals surface area contributed by atoms with E-state index in [1.165, 1.54) is 11.6 Å². The highest BCUT2D eigenvalue weighted by Crippen LogP contribution is 2.19. The second kappa shape index (κ2) is 7.25. The lowest BCUT2D eigenvalue weighted by atomic mass is 10.1. The molecule has 1 aromatic carbocycles. The Kier molecular flexibility index (Phi) is 4.88. The van der Waals surface area contributed by atoms with E-state index in [1.54, 1.807) is 0 Å². The molecule has 0 spiro atoms. The zero-order chi connectivity index (χ0) is 16.9. The van der Waals surface area contributed by atoms with Crippen LogP contribution in [0.3, 0.4) is 0 Å². The van der Waals surface area contributed by atoms with Gasteiger partial charge in [-0.25, -0.2) is 18.6 Å². The van der Waals surface area contributed by atoms with E-state index in [0.717, 1.165) is 43.0 Å². The van der Waals surface area contributed by atoms with E-state index >= 15 is 0 Å². The molecule has 0 saturated carbocycles. The van der Waals surface area contributed by atoms with Crippen LogP contribution in [0.1, 0.15) is 17.7 Å². The second-order valence-corrected chi connectivity index (χ2v) is 5.60. The highest BCUT2D eigenvalue weighted by atomic mass is 19.2. The van der Waals surface area contributed by atoms with Gasteiger partial charge in [0.1, 0.15) is 5.82 Å². The monoisotopic (exact) mass is 332 g/mol. The van der Waals surface area contributed by atoms with E-state index in [9.17, 15) is 13.6 Å². The number of aromatic nitrogens is 1. The van der Waals surface area contributed by atoms with Crippen molar-refractivity contribution >= 4 is 17.5 Å². The van der Waals surface area contributed by atoms with Crippen molar-refractivity contribution in [1.82, 2.24) is 10.3 Å². The molecule has 1 aromatic heterocycles. The summed E-state index contributed by atoms with van der Waals surface area (Å²) in [6.45, 7) is 1.32. The van der Waals surface area contributed by atoms with Gasteiger partial charge in [-0.2, -0.15) is 0 Å². The van der Waals surface area contributed by atoms with Crippen LogP contribution in [0.4, 0.5) is 25.1 Å². The molecular weight excluding hydrogens is 314 g/mol. The largest absolute Gasteiger partial charge is 0.370 e. The molecule has 0 bridgehead atoms. The maximum Gasteiger partial charge on any atom is 0.319 e. The fourth-order valence-corrected chi connectivity index (χ4v) is 2.56. The molecule has 0 atom stereocenters. The molecule has 1 aliphatic rings. The van der Waals surface area contributed by atoms with Gasteiger partial charge in [0.2, 0.25) is 0 Å². The molecule has 1 aliphatic heterocycles. The number of pyridine rings is 1. The third-order valence-electron chi connectivity index (χ3n) is 3.80. The Morgan fingerprint density at radius 1 is 1.21 bits per heavy atom. The number of carbonyl (C=O) groups excluding carboxylic acids is 1. The first-order valence-electron chi connectivity index (χ1n) is 7.84. The molecule has 0 fully saturated rings. The van der Waals surface area contributed by atoms with Crippen LogP contribution in [-0.2, 0) is 12.8 Å². The molecule has 5 nitrogen and oxygen atoms in total. The molecule has 0 radical (unpaired) electrons. The number of aryl methyl sites for hydroxylation is 1. The van der Waals surface area contributed by atoms with Crippen LogP contribution < -0.4 is 16.0 Å². The summed E-state index contributed by atoms with van der Waals surface area (Å²) in [5, 5.41) is 8.39. The van der Waals surface area contributed by atoms with Gasteiger partial charge in [0.05, 0.1) is 0 Å². The maximum absolute atomic E-state index is 13.1. The van der Waals surface area contributed by atoms with Crippen LogP contribution in [0, 0.1) is 11.6 Å². The average Bonchev–Trinajstić information content (AvgIpc) is 2.58. The van der Waals surface area contributed by atoms with Crippen LogP contribution in [0.15, 0.2) is 30.3 Å². The second-order valence-electron chi connectivity index (χ2n) is 5.60. The molecular formula is C17H18F2N4O. The fraction of sp³-hybridized carbons (Fsp3) is 0.294. The number of rotatable bonds is 4. The molecule has 2 heterocycles. The standard InChI is InChI=1S/C17H18F2N4O/c18-14-6-5-13(10-15(14)19)23-17(24)21-9-7-12-4-3-11-2-1-8-20-16(11)22-12/h3-6,10H,1-2,7-9H2,(H,20,22)(H2,21,23,24). The van der Waals surface area contributed by atoms with Crippen LogP contribution in [-0.4, -0.2) is 24.1 Å². The van der Waals surface area contributed by atoms with Gasteiger partial charge in [-0.05, 0) is 36.6 Å². The Morgan fingerprint density at radius 3 is 2.92 bits per heavy atom. The number of hydrogen-bond donors (Lipinski definition) is 3. The lowest BCUT2D eigenvalue weighted by Gasteiger charge is -2.17. The number of anilines is 2. The van der Waals surface area contributed by atoms with Crippen molar-refractivity contribution in [1.29, 1.82) is 0 Å². The van der Waals surface area contributed by atoms with Crippen molar-refractivity contribution in [3.8, 4) is 0 Å². The minimum Gasteiger partial charge on any atom is -0.370 e. The summed E-state index contributed by atoms with van der Waals surface area (Å²) < 4.78 is 25.9. The van der Waals surface area contributed by atoms with Crippen molar-refractivity contribution < 1.29 is 13.6 Å². The smallest absolute Gasteiger partial charge is 0.319 e. The number of nitrogens with zero attached hydrogens (tertiary/aromatic N) is 1. The Hall–Kier alpha value is -2.70. The summed E-state index contributed by atoms with van der Waals surface area (Å²) in [6, 6.07) is 6.75. The summed E-state index contributed by atoms with van der Waals surface area (Å²) in [4.78, 5) is 16.3. The van der Waals surface area contributed by atoms with Gasteiger partial charge in [-0.3, -0.25) is 0 Å². The number of nitrogens with one attached hydrogen (secondary N) is 3. The van der Waals surface area contributed by atoms with Crippen molar-refractivity contribution in [2.75, 3.05) is 23.7 Å². The third kappa shape index (κ3) is 3.98. The first kappa shape index (κ1) is 16.2. The number of urea groups is 1. The zero-order valence-electron chi connectivity index (χ0n) is 13.0. The minimum atomic E-state index is -1.00. The molecule has 3 N–H and O–H groups in total. The fourth-order valence-electron chi connectivity index (χ4n) is 2.56. The zero-order valence-corrected chi connectivity index (χ0v) is 13.0. The molecule has 3 rings (SSSR count). The van der Waals surface area contributed by atoms with Gasteiger partial charge in [-0.1, -0.05) is 6.07 Å². The molecule has 24 heavy (non-hydrogen) atoms. The molecule has 0 saturated heterocycles. The number of halogens is 2. The summed E-state index contributed by atoms with van der Waals surface area (Å²) in [5.41, 5.74) is 2.30. The highest BCUT2D eigenvalue weighted by molar-refractivity contribution is 5.89. The third-order valence-corrected chi connectivity index (χ3v) is 3.80. The molecule has 0 unspecified atom stereocenters. The van der Waals surface area contributed by atoms with Crippen molar-refractivity contribution in [2.45, 2.75) is 19.3 Å². The number of hydrogen-bond acceptors (Lipinski definition) is 3. The lowest BCUT2D eigenvalue weighted by Crippen LogP contribution is -2.30. The van der Waals surface area contributed by atoms with Crippen molar-refractivity contribution in [2.24, 2.45) is 0 Å². The maximum atomic E-state index is 13.1. The first-order chi connectivity index (χ1) is 11.6. The van der Waals surface area contributed by atoms with Gasteiger partial charge in [0.25, 0.3) is 0 Å². The summed E-state index contributed by atoms with van der Waals surface area (Å²) in [5.74, 6) is -1.03. The lowest BCUT2D eigenvalue weighted by molar-refractivity contribution is 0.252. The van der Waals surface area contributed by atoms with Crippen molar-refractivity contribution in [3.05, 3.63) is 53.2 Å². The Bertz CT molecular complexity index is 751. The predicted octanol–water partition coefficient (Wildman–Crippen LogP) is 3.08. The normalized spacial score (nSPS) is 12.9. The van der Waals surface area contributed by atoms with E-state index in [-0.39, 0.29) is 5.69 Å². The van der Waals surface area contributed by atoms with Gasteiger partial charge >= 0.3 is 6.03 Å². The molecule has 0 aliphatic carbocycles. The SMILES string of the molecule is O=C(NCCc1ccc2c(n1)NCCC2)Nc1ccc(F)c(F)c1. The number of fused-ring (bicyclic) bond motifs is 1. The Balaban J connectivity index is 1.49. The van der Waals surface area contributed by atoms with E-state index in [4.69, 9.17) is 0 Å². The Labute approximate surface area is 138 Å². The molecule has 126 valence electrons. The van der Waals surface area contributed by atoms with Crippen molar-refractivity contribution in [3.63, 3.8) is 0 Å². The topological polar surface area (TPSA) is 66.0 Å². The summed E-state index contributed by atoms with van der Waals surface area (Å²) in [6.07, 6.45) is 2.73. The van der Waals surface area contributed by atoms with Gasteiger partial charge < -0.3 is 16.0 Å². The number of amides is 2.